The van der Waals surface area contributed by atoms with Crippen molar-refractivity contribution in [3.63, 3.8) is 0 Å². The summed E-state index contributed by atoms with van der Waals surface area (Å²) in [6.07, 6.45) is 2.40. The van der Waals surface area contributed by atoms with E-state index in [1.165, 1.54) is 28.2 Å². The van der Waals surface area contributed by atoms with Gasteiger partial charge in [0.15, 0.2) is 5.13 Å². The van der Waals surface area contributed by atoms with Crippen LogP contribution in [0.5, 0.6) is 0 Å². The topological polar surface area (TPSA) is 54.9 Å². The van der Waals surface area contributed by atoms with Crippen LogP contribution in [-0.4, -0.2) is 15.9 Å². The molecule has 1 N–H and O–H groups in total. The third-order valence-corrected chi connectivity index (χ3v) is 4.17. The fraction of sp³-hybridized carbons (Fsp3) is 0.0714. The Bertz CT molecular complexity index is 692. The standard InChI is InChI=1S/C14H11N3OS2/c18-13(17-14-15-6-7-19-14)11-9-20-12(16-11)8-10-4-2-1-3-5-10/h1-7,9H,8H2,(H,15,17,18). The maximum atomic E-state index is 12.0. The molecular weight excluding hydrogens is 290 g/mol. The lowest BCUT2D eigenvalue weighted by molar-refractivity contribution is 0.102. The van der Waals surface area contributed by atoms with E-state index < -0.39 is 0 Å². The Kier molecular flexibility index (Phi) is 3.85. The predicted octanol–water partition coefficient (Wildman–Crippen LogP) is 3.44. The minimum atomic E-state index is -0.212. The van der Waals surface area contributed by atoms with Gasteiger partial charge in [-0.25, -0.2) is 9.97 Å². The van der Waals surface area contributed by atoms with Crippen LogP contribution in [0.4, 0.5) is 5.13 Å². The molecule has 3 rings (SSSR count). The molecule has 4 nitrogen and oxygen atoms in total. The van der Waals surface area contributed by atoms with Gasteiger partial charge in [0.25, 0.3) is 5.91 Å². The second kappa shape index (κ2) is 5.94. The lowest BCUT2D eigenvalue weighted by Crippen LogP contribution is -2.12. The van der Waals surface area contributed by atoms with Crippen molar-refractivity contribution < 1.29 is 4.79 Å². The summed E-state index contributed by atoms with van der Waals surface area (Å²) in [6.45, 7) is 0. The van der Waals surface area contributed by atoms with Gasteiger partial charge in [-0.15, -0.1) is 22.7 Å². The first-order valence-corrected chi connectivity index (χ1v) is 7.76. The zero-order valence-corrected chi connectivity index (χ0v) is 12.1. The molecule has 0 aliphatic carbocycles. The fourth-order valence-electron chi connectivity index (χ4n) is 1.71. The number of carbonyl (C=O) groups is 1. The SMILES string of the molecule is O=C(Nc1nccs1)c1csc(Cc2ccccc2)n1. The number of rotatable bonds is 4. The molecule has 2 heterocycles. The van der Waals surface area contributed by atoms with Crippen LogP contribution in [0.3, 0.4) is 0 Å². The van der Waals surface area contributed by atoms with Gasteiger partial charge in [-0.05, 0) is 5.56 Å². The van der Waals surface area contributed by atoms with Crippen LogP contribution in [0.25, 0.3) is 0 Å². The quantitative estimate of drug-likeness (QED) is 0.803. The van der Waals surface area contributed by atoms with Gasteiger partial charge in [0.2, 0.25) is 0 Å². The first kappa shape index (κ1) is 13.0. The van der Waals surface area contributed by atoms with Gasteiger partial charge >= 0.3 is 0 Å². The van der Waals surface area contributed by atoms with Crippen LogP contribution in [0.2, 0.25) is 0 Å². The van der Waals surface area contributed by atoms with E-state index >= 15 is 0 Å². The van der Waals surface area contributed by atoms with E-state index in [1.54, 1.807) is 11.6 Å². The Labute approximate surface area is 124 Å². The highest BCUT2D eigenvalue weighted by atomic mass is 32.1. The van der Waals surface area contributed by atoms with Crippen molar-refractivity contribution in [2.75, 3.05) is 5.32 Å². The highest BCUT2D eigenvalue weighted by molar-refractivity contribution is 7.13. The number of hydrogen-bond donors (Lipinski definition) is 1. The Balaban J connectivity index is 1.69. The van der Waals surface area contributed by atoms with Crippen molar-refractivity contribution in [1.82, 2.24) is 9.97 Å². The van der Waals surface area contributed by atoms with Crippen molar-refractivity contribution in [3.05, 3.63) is 63.6 Å². The average Bonchev–Trinajstić information content (AvgIpc) is 3.11. The van der Waals surface area contributed by atoms with Crippen molar-refractivity contribution in [1.29, 1.82) is 0 Å². The number of anilines is 1. The maximum absolute atomic E-state index is 12.0. The first-order valence-electron chi connectivity index (χ1n) is 6.00. The van der Waals surface area contributed by atoms with Gasteiger partial charge in [-0.3, -0.25) is 10.1 Å². The zero-order valence-electron chi connectivity index (χ0n) is 10.4. The van der Waals surface area contributed by atoms with E-state index in [2.05, 4.69) is 27.4 Å². The van der Waals surface area contributed by atoms with Gasteiger partial charge in [-0.2, -0.15) is 0 Å². The second-order valence-electron chi connectivity index (χ2n) is 4.08. The molecule has 0 spiro atoms. The van der Waals surface area contributed by atoms with E-state index in [-0.39, 0.29) is 5.91 Å². The molecule has 0 bridgehead atoms. The minimum absolute atomic E-state index is 0.212. The number of carbonyl (C=O) groups excluding carboxylic acids is 1. The highest BCUT2D eigenvalue weighted by Crippen LogP contribution is 2.17. The molecule has 0 radical (unpaired) electrons. The summed E-state index contributed by atoms with van der Waals surface area (Å²) in [4.78, 5) is 20.4. The van der Waals surface area contributed by atoms with Crippen LogP contribution >= 0.6 is 22.7 Å². The normalized spacial score (nSPS) is 10.4. The monoisotopic (exact) mass is 301 g/mol. The maximum Gasteiger partial charge on any atom is 0.276 e. The molecule has 0 saturated heterocycles. The highest BCUT2D eigenvalue weighted by Gasteiger charge is 2.12. The van der Waals surface area contributed by atoms with Crippen LogP contribution in [0.1, 0.15) is 21.1 Å². The van der Waals surface area contributed by atoms with E-state index in [4.69, 9.17) is 0 Å². The number of amides is 1. The Morgan fingerprint density at radius 2 is 2.05 bits per heavy atom. The number of hydrogen-bond acceptors (Lipinski definition) is 5. The second-order valence-corrected chi connectivity index (χ2v) is 5.92. The van der Waals surface area contributed by atoms with Gasteiger partial charge < -0.3 is 0 Å². The average molecular weight is 301 g/mol. The number of benzene rings is 1. The summed E-state index contributed by atoms with van der Waals surface area (Å²) in [5.74, 6) is -0.212. The van der Waals surface area contributed by atoms with E-state index in [1.807, 2.05) is 23.6 Å². The molecule has 1 amide bonds. The number of aromatic nitrogens is 2. The fourth-order valence-corrected chi connectivity index (χ4v) is 3.05. The Morgan fingerprint density at radius 3 is 2.80 bits per heavy atom. The van der Waals surface area contributed by atoms with Gasteiger partial charge in [0.1, 0.15) is 5.69 Å². The molecule has 6 heteroatoms. The Hall–Kier alpha value is -2.05. The predicted molar refractivity (Wildman–Crippen MR) is 81.4 cm³/mol. The van der Waals surface area contributed by atoms with E-state index in [0.29, 0.717) is 10.8 Å². The van der Waals surface area contributed by atoms with Crippen LogP contribution < -0.4 is 5.32 Å². The summed E-state index contributed by atoms with van der Waals surface area (Å²) in [6, 6.07) is 10.1. The van der Waals surface area contributed by atoms with Crippen molar-refractivity contribution >= 4 is 33.7 Å². The summed E-state index contributed by atoms with van der Waals surface area (Å²) in [7, 11) is 0. The van der Waals surface area contributed by atoms with E-state index in [9.17, 15) is 4.79 Å². The van der Waals surface area contributed by atoms with E-state index in [0.717, 1.165) is 11.4 Å². The molecule has 20 heavy (non-hydrogen) atoms. The molecule has 0 fully saturated rings. The van der Waals surface area contributed by atoms with Gasteiger partial charge in [-0.1, -0.05) is 30.3 Å². The summed E-state index contributed by atoms with van der Waals surface area (Å²) >= 11 is 2.88. The van der Waals surface area contributed by atoms with Crippen LogP contribution in [-0.2, 0) is 6.42 Å². The largest absolute Gasteiger partial charge is 0.296 e. The molecule has 0 aliphatic rings. The van der Waals surface area contributed by atoms with Gasteiger partial charge in [0, 0.05) is 23.4 Å². The zero-order chi connectivity index (χ0) is 13.8. The lowest BCUT2D eigenvalue weighted by atomic mass is 10.2. The third kappa shape index (κ3) is 3.09. The molecule has 0 aliphatic heterocycles. The summed E-state index contributed by atoms with van der Waals surface area (Å²) in [5.41, 5.74) is 1.63. The number of nitrogens with one attached hydrogen (secondary N) is 1. The summed E-state index contributed by atoms with van der Waals surface area (Å²) in [5, 5.41) is 7.85. The van der Waals surface area contributed by atoms with Crippen molar-refractivity contribution in [2.24, 2.45) is 0 Å². The van der Waals surface area contributed by atoms with Crippen molar-refractivity contribution in [3.8, 4) is 0 Å². The van der Waals surface area contributed by atoms with Crippen LogP contribution in [0, 0.1) is 0 Å². The van der Waals surface area contributed by atoms with Crippen molar-refractivity contribution in [2.45, 2.75) is 6.42 Å². The molecule has 3 aromatic rings. The third-order valence-electron chi connectivity index (χ3n) is 2.64. The molecule has 0 saturated carbocycles. The molecule has 2 aromatic heterocycles. The number of nitrogens with zero attached hydrogens (tertiary/aromatic N) is 2. The molecule has 100 valence electrons. The molecule has 0 unspecified atom stereocenters. The lowest BCUT2D eigenvalue weighted by Gasteiger charge is -1.98. The van der Waals surface area contributed by atoms with Crippen LogP contribution in [0.15, 0.2) is 47.3 Å². The minimum Gasteiger partial charge on any atom is -0.296 e. The first-order chi connectivity index (χ1) is 9.81. The smallest absolute Gasteiger partial charge is 0.276 e. The Morgan fingerprint density at radius 1 is 1.20 bits per heavy atom. The summed E-state index contributed by atoms with van der Waals surface area (Å²) < 4.78 is 0. The molecular formula is C14H11N3OS2. The molecule has 0 atom stereocenters. The number of thiazole rings is 2. The molecule has 1 aromatic carbocycles. The van der Waals surface area contributed by atoms with Gasteiger partial charge in [0.05, 0.1) is 5.01 Å².